The first-order chi connectivity index (χ1) is 8.31. The highest BCUT2D eigenvalue weighted by Crippen LogP contribution is 2.18. The smallest absolute Gasteiger partial charge is 0.165 e. The van der Waals surface area contributed by atoms with E-state index in [2.05, 4.69) is 5.32 Å². The van der Waals surface area contributed by atoms with Crippen molar-refractivity contribution in [3.8, 4) is 5.75 Å². The van der Waals surface area contributed by atoms with Crippen molar-refractivity contribution in [1.82, 2.24) is 5.32 Å². The lowest BCUT2D eigenvalue weighted by molar-refractivity contribution is 0.257. The summed E-state index contributed by atoms with van der Waals surface area (Å²) in [5, 5.41) is 3.03. The van der Waals surface area contributed by atoms with E-state index in [0.717, 1.165) is 5.56 Å². The van der Waals surface area contributed by atoms with Gasteiger partial charge in [-0.15, -0.1) is 0 Å². The highest BCUT2D eigenvalue weighted by atomic mass is 19.1. The van der Waals surface area contributed by atoms with E-state index < -0.39 is 0 Å². The van der Waals surface area contributed by atoms with Crippen LogP contribution in [0.2, 0.25) is 0 Å². The molecule has 0 aliphatic rings. The SMILES string of the molecule is CNCc1ccoc1COc1ccccc1F. The van der Waals surface area contributed by atoms with Crippen LogP contribution in [0.1, 0.15) is 11.3 Å². The number of hydrogen-bond donors (Lipinski definition) is 1. The van der Waals surface area contributed by atoms with Gasteiger partial charge in [0, 0.05) is 12.1 Å². The highest BCUT2D eigenvalue weighted by molar-refractivity contribution is 5.24. The maximum Gasteiger partial charge on any atom is 0.165 e. The fraction of sp³-hybridized carbons (Fsp3) is 0.231. The lowest BCUT2D eigenvalue weighted by Gasteiger charge is -2.06. The predicted octanol–water partition coefficient (Wildman–Crippen LogP) is 2.72. The van der Waals surface area contributed by atoms with Crippen molar-refractivity contribution in [2.75, 3.05) is 7.05 Å². The average Bonchev–Trinajstić information content (AvgIpc) is 2.76. The van der Waals surface area contributed by atoms with E-state index >= 15 is 0 Å². The molecule has 90 valence electrons. The normalized spacial score (nSPS) is 10.5. The minimum Gasteiger partial charge on any atom is -0.483 e. The summed E-state index contributed by atoms with van der Waals surface area (Å²) in [5.74, 6) is 0.580. The van der Waals surface area contributed by atoms with Gasteiger partial charge in [0.2, 0.25) is 0 Å². The van der Waals surface area contributed by atoms with E-state index in [1.54, 1.807) is 24.5 Å². The Labute approximate surface area is 99.2 Å². The number of nitrogens with one attached hydrogen (secondary N) is 1. The Morgan fingerprint density at radius 2 is 2.12 bits per heavy atom. The van der Waals surface area contributed by atoms with Crippen LogP contribution in [-0.2, 0) is 13.2 Å². The second-order valence-corrected chi connectivity index (χ2v) is 3.62. The fourth-order valence-corrected chi connectivity index (χ4v) is 1.55. The first kappa shape index (κ1) is 11.7. The standard InChI is InChI=1S/C13H14FNO2/c1-15-8-10-6-7-16-13(10)9-17-12-5-3-2-4-11(12)14/h2-7,15H,8-9H2,1H3. The molecule has 3 nitrogen and oxygen atoms in total. The summed E-state index contributed by atoms with van der Waals surface area (Å²) in [7, 11) is 1.86. The van der Waals surface area contributed by atoms with Gasteiger partial charge in [0.25, 0.3) is 0 Å². The quantitative estimate of drug-likeness (QED) is 0.865. The summed E-state index contributed by atoms with van der Waals surface area (Å²) in [6.45, 7) is 0.928. The van der Waals surface area contributed by atoms with E-state index in [9.17, 15) is 4.39 Å². The van der Waals surface area contributed by atoms with Gasteiger partial charge in [-0.2, -0.15) is 0 Å². The van der Waals surface area contributed by atoms with Gasteiger partial charge in [0.15, 0.2) is 11.6 Å². The molecule has 2 aromatic rings. The van der Waals surface area contributed by atoms with Crippen molar-refractivity contribution >= 4 is 0 Å². The number of furan rings is 1. The third-order valence-electron chi connectivity index (χ3n) is 2.40. The number of ether oxygens (including phenoxy) is 1. The molecule has 0 radical (unpaired) electrons. The van der Waals surface area contributed by atoms with Gasteiger partial charge >= 0.3 is 0 Å². The molecule has 0 saturated heterocycles. The molecule has 0 aliphatic heterocycles. The lowest BCUT2D eigenvalue weighted by atomic mass is 10.2. The zero-order valence-electron chi connectivity index (χ0n) is 9.57. The van der Waals surface area contributed by atoms with Crippen molar-refractivity contribution in [3.05, 3.63) is 53.7 Å². The van der Waals surface area contributed by atoms with Crippen LogP contribution in [-0.4, -0.2) is 7.05 Å². The topological polar surface area (TPSA) is 34.4 Å². The maximum absolute atomic E-state index is 13.3. The lowest BCUT2D eigenvalue weighted by Crippen LogP contribution is -2.07. The maximum atomic E-state index is 13.3. The monoisotopic (exact) mass is 235 g/mol. The first-order valence-electron chi connectivity index (χ1n) is 5.38. The third kappa shape index (κ3) is 2.85. The number of hydrogen-bond acceptors (Lipinski definition) is 3. The van der Waals surface area contributed by atoms with Crippen molar-refractivity contribution < 1.29 is 13.5 Å². The number of halogens is 1. The Morgan fingerprint density at radius 3 is 2.88 bits per heavy atom. The van der Waals surface area contributed by atoms with Gasteiger partial charge in [-0.25, -0.2) is 4.39 Å². The summed E-state index contributed by atoms with van der Waals surface area (Å²) in [6, 6.07) is 8.19. The number of para-hydroxylation sites is 1. The van der Waals surface area contributed by atoms with Gasteiger partial charge < -0.3 is 14.5 Å². The Bertz CT molecular complexity index is 482. The molecule has 1 N–H and O–H groups in total. The van der Waals surface area contributed by atoms with Gasteiger partial charge in [0.05, 0.1) is 6.26 Å². The highest BCUT2D eigenvalue weighted by Gasteiger charge is 2.08. The Hall–Kier alpha value is -1.81. The predicted molar refractivity (Wildman–Crippen MR) is 62.2 cm³/mol. The second-order valence-electron chi connectivity index (χ2n) is 3.62. The van der Waals surface area contributed by atoms with Gasteiger partial charge in [-0.05, 0) is 25.2 Å². The molecule has 0 saturated carbocycles. The third-order valence-corrected chi connectivity index (χ3v) is 2.40. The van der Waals surface area contributed by atoms with Crippen LogP contribution < -0.4 is 10.1 Å². The molecule has 0 spiro atoms. The fourth-order valence-electron chi connectivity index (χ4n) is 1.55. The molecule has 0 unspecified atom stereocenters. The second kappa shape index (κ2) is 5.50. The van der Waals surface area contributed by atoms with Crippen LogP contribution in [0, 0.1) is 5.82 Å². The molecule has 0 aliphatic carbocycles. The number of benzene rings is 1. The van der Waals surface area contributed by atoms with E-state index in [1.165, 1.54) is 6.07 Å². The van der Waals surface area contributed by atoms with Crippen molar-refractivity contribution in [3.63, 3.8) is 0 Å². The van der Waals surface area contributed by atoms with Crippen molar-refractivity contribution in [2.45, 2.75) is 13.2 Å². The van der Waals surface area contributed by atoms with Crippen molar-refractivity contribution in [1.29, 1.82) is 0 Å². The molecule has 2 rings (SSSR count). The van der Waals surface area contributed by atoms with Crippen molar-refractivity contribution in [2.24, 2.45) is 0 Å². The van der Waals surface area contributed by atoms with Crippen LogP contribution in [0.4, 0.5) is 4.39 Å². The van der Waals surface area contributed by atoms with Crippen LogP contribution in [0.15, 0.2) is 41.0 Å². The van der Waals surface area contributed by atoms with Gasteiger partial charge in [0.1, 0.15) is 12.4 Å². The molecule has 0 bridgehead atoms. The van der Waals surface area contributed by atoms with Gasteiger partial charge in [-0.1, -0.05) is 12.1 Å². The molecular weight excluding hydrogens is 221 g/mol. The molecule has 0 fully saturated rings. The van der Waals surface area contributed by atoms with E-state index in [-0.39, 0.29) is 18.2 Å². The van der Waals surface area contributed by atoms with Crippen LogP contribution in [0.3, 0.4) is 0 Å². The molecular formula is C13H14FNO2. The Kier molecular flexibility index (Phi) is 3.77. The molecule has 0 amide bonds. The molecule has 17 heavy (non-hydrogen) atoms. The largest absolute Gasteiger partial charge is 0.483 e. The summed E-state index contributed by atoms with van der Waals surface area (Å²) >= 11 is 0. The summed E-state index contributed by atoms with van der Waals surface area (Å²) < 4.78 is 24.0. The minimum absolute atomic E-state index is 0.227. The molecule has 1 aromatic heterocycles. The number of rotatable bonds is 5. The Balaban J connectivity index is 2.02. The summed E-state index contributed by atoms with van der Waals surface area (Å²) in [6.07, 6.45) is 1.60. The van der Waals surface area contributed by atoms with Crippen LogP contribution in [0.5, 0.6) is 5.75 Å². The average molecular weight is 235 g/mol. The van der Waals surface area contributed by atoms with Crippen LogP contribution >= 0.6 is 0 Å². The molecule has 0 atom stereocenters. The molecule has 1 heterocycles. The summed E-state index contributed by atoms with van der Waals surface area (Å²) in [5.41, 5.74) is 1.02. The van der Waals surface area contributed by atoms with E-state index in [1.807, 2.05) is 13.1 Å². The van der Waals surface area contributed by atoms with E-state index in [4.69, 9.17) is 9.15 Å². The minimum atomic E-state index is -0.366. The zero-order chi connectivity index (χ0) is 12.1. The molecule has 1 aromatic carbocycles. The van der Waals surface area contributed by atoms with Gasteiger partial charge in [-0.3, -0.25) is 0 Å². The Morgan fingerprint density at radius 1 is 1.29 bits per heavy atom. The van der Waals surface area contributed by atoms with Crippen LogP contribution in [0.25, 0.3) is 0 Å². The summed E-state index contributed by atoms with van der Waals surface area (Å²) in [4.78, 5) is 0. The van der Waals surface area contributed by atoms with E-state index in [0.29, 0.717) is 12.3 Å². The zero-order valence-corrected chi connectivity index (χ0v) is 9.57. The molecule has 4 heteroatoms. The first-order valence-corrected chi connectivity index (χ1v) is 5.38.